The fraction of sp³-hybridized carbons (Fsp3) is 0.455. The van der Waals surface area contributed by atoms with E-state index in [4.69, 9.17) is 10.5 Å². The molecule has 76 valence electrons. The molecule has 2 nitrogen and oxygen atoms in total. The van der Waals surface area contributed by atoms with E-state index in [-0.39, 0.29) is 11.2 Å². The topological polar surface area (TPSA) is 35.2 Å². The zero-order valence-corrected chi connectivity index (χ0v) is 8.00. The molecule has 2 N–H and O–H groups in total. The Bertz CT molecular complexity index is 317. The fourth-order valence-corrected chi connectivity index (χ4v) is 1.76. The van der Waals surface area contributed by atoms with Gasteiger partial charge in [0.1, 0.15) is 5.82 Å². The number of ether oxygens (including phenoxy) is 1. The summed E-state index contributed by atoms with van der Waals surface area (Å²) in [4.78, 5) is 0. The minimum atomic E-state index is -0.185. The number of hydrogen-bond acceptors (Lipinski definition) is 2. The van der Waals surface area contributed by atoms with E-state index in [0.29, 0.717) is 19.8 Å². The molecular formula is C11H14FNO. The van der Waals surface area contributed by atoms with Crippen molar-refractivity contribution in [3.05, 3.63) is 35.6 Å². The number of hydrogen-bond donors (Lipinski definition) is 1. The van der Waals surface area contributed by atoms with Gasteiger partial charge in [-0.05, 0) is 24.1 Å². The molecule has 1 aromatic carbocycles. The molecule has 14 heavy (non-hydrogen) atoms. The molecule has 1 saturated heterocycles. The highest BCUT2D eigenvalue weighted by Crippen LogP contribution is 2.30. The average molecular weight is 195 g/mol. The van der Waals surface area contributed by atoms with Gasteiger partial charge in [-0.3, -0.25) is 0 Å². The van der Waals surface area contributed by atoms with Gasteiger partial charge in [-0.1, -0.05) is 12.1 Å². The maximum Gasteiger partial charge on any atom is 0.123 e. The lowest BCUT2D eigenvalue weighted by atomic mass is 9.80. The molecule has 1 aliphatic rings. The quantitative estimate of drug-likeness (QED) is 0.790. The second-order valence-corrected chi connectivity index (χ2v) is 4.00. The van der Waals surface area contributed by atoms with Crippen LogP contribution in [0.5, 0.6) is 0 Å². The van der Waals surface area contributed by atoms with Gasteiger partial charge in [0.15, 0.2) is 0 Å². The van der Waals surface area contributed by atoms with Gasteiger partial charge in [0.05, 0.1) is 13.2 Å². The number of halogens is 1. The smallest absolute Gasteiger partial charge is 0.123 e. The second kappa shape index (κ2) is 3.67. The van der Waals surface area contributed by atoms with Crippen LogP contribution in [0.3, 0.4) is 0 Å². The monoisotopic (exact) mass is 195 g/mol. The molecule has 3 heteroatoms. The summed E-state index contributed by atoms with van der Waals surface area (Å²) in [6, 6.07) is 6.68. The molecule has 0 atom stereocenters. The van der Waals surface area contributed by atoms with Crippen LogP contribution in [-0.2, 0) is 11.2 Å². The maximum atomic E-state index is 12.9. The lowest BCUT2D eigenvalue weighted by Crippen LogP contribution is -2.49. The SMILES string of the molecule is NCC1(Cc2cccc(F)c2)COC1. The van der Waals surface area contributed by atoms with Crippen molar-refractivity contribution in [3.8, 4) is 0 Å². The van der Waals surface area contributed by atoms with Crippen LogP contribution < -0.4 is 5.73 Å². The highest BCUT2D eigenvalue weighted by molar-refractivity contribution is 5.18. The van der Waals surface area contributed by atoms with Gasteiger partial charge >= 0.3 is 0 Å². The summed E-state index contributed by atoms with van der Waals surface area (Å²) in [6.45, 7) is 1.99. The molecule has 0 spiro atoms. The van der Waals surface area contributed by atoms with Crippen molar-refractivity contribution in [3.63, 3.8) is 0 Å². The molecule has 0 bridgehead atoms. The first-order chi connectivity index (χ1) is 6.74. The zero-order chi connectivity index (χ0) is 10.0. The Morgan fingerprint density at radius 1 is 1.43 bits per heavy atom. The Hall–Kier alpha value is -0.930. The van der Waals surface area contributed by atoms with Gasteiger partial charge in [0.25, 0.3) is 0 Å². The van der Waals surface area contributed by atoms with Crippen LogP contribution in [0.25, 0.3) is 0 Å². The molecule has 0 aliphatic carbocycles. The summed E-state index contributed by atoms with van der Waals surface area (Å²) >= 11 is 0. The third-order valence-electron chi connectivity index (χ3n) is 2.72. The summed E-state index contributed by atoms with van der Waals surface area (Å²) < 4.78 is 18.1. The van der Waals surface area contributed by atoms with Gasteiger partial charge in [-0.15, -0.1) is 0 Å². The Balaban J connectivity index is 2.09. The molecule has 1 aromatic rings. The van der Waals surface area contributed by atoms with Crippen LogP contribution >= 0.6 is 0 Å². The van der Waals surface area contributed by atoms with Crippen LogP contribution in [0.1, 0.15) is 5.56 Å². The maximum absolute atomic E-state index is 12.9. The van der Waals surface area contributed by atoms with Crippen molar-refractivity contribution in [1.29, 1.82) is 0 Å². The second-order valence-electron chi connectivity index (χ2n) is 4.00. The Kier molecular flexibility index (Phi) is 2.52. The standard InChI is InChI=1S/C11H14FNO/c12-10-3-1-2-9(4-10)5-11(6-13)7-14-8-11/h1-4H,5-8,13H2. The molecule has 1 aliphatic heterocycles. The molecule has 0 unspecified atom stereocenters. The minimum Gasteiger partial charge on any atom is -0.380 e. The molecule has 0 radical (unpaired) electrons. The predicted octanol–water partition coefficient (Wildman–Crippen LogP) is 1.34. The lowest BCUT2D eigenvalue weighted by Gasteiger charge is -2.40. The van der Waals surface area contributed by atoms with E-state index in [2.05, 4.69) is 0 Å². The highest BCUT2D eigenvalue weighted by atomic mass is 19.1. The van der Waals surface area contributed by atoms with E-state index in [0.717, 1.165) is 12.0 Å². The average Bonchev–Trinajstić information content (AvgIpc) is 2.11. The van der Waals surface area contributed by atoms with E-state index in [9.17, 15) is 4.39 Å². The predicted molar refractivity (Wildman–Crippen MR) is 52.4 cm³/mol. The summed E-state index contributed by atoms with van der Waals surface area (Å²) in [5.74, 6) is -0.185. The van der Waals surface area contributed by atoms with Gasteiger partial charge in [0.2, 0.25) is 0 Å². The first kappa shape index (κ1) is 9.62. The molecule has 1 heterocycles. The van der Waals surface area contributed by atoms with Crippen molar-refractivity contribution < 1.29 is 9.13 Å². The molecular weight excluding hydrogens is 181 g/mol. The van der Waals surface area contributed by atoms with Crippen molar-refractivity contribution in [2.75, 3.05) is 19.8 Å². The largest absolute Gasteiger partial charge is 0.380 e. The fourth-order valence-electron chi connectivity index (χ4n) is 1.76. The number of nitrogens with two attached hydrogens (primary N) is 1. The molecule has 0 saturated carbocycles. The lowest BCUT2D eigenvalue weighted by molar-refractivity contribution is -0.106. The van der Waals surface area contributed by atoms with Crippen molar-refractivity contribution in [2.24, 2.45) is 11.1 Å². The van der Waals surface area contributed by atoms with Gasteiger partial charge in [-0.2, -0.15) is 0 Å². The summed E-state index contributed by atoms with van der Waals surface area (Å²) in [5.41, 5.74) is 6.73. The third-order valence-corrected chi connectivity index (χ3v) is 2.72. The van der Waals surface area contributed by atoms with Gasteiger partial charge in [0, 0.05) is 12.0 Å². The highest BCUT2D eigenvalue weighted by Gasteiger charge is 2.37. The summed E-state index contributed by atoms with van der Waals surface area (Å²) in [7, 11) is 0. The summed E-state index contributed by atoms with van der Waals surface area (Å²) in [5, 5.41) is 0. The van der Waals surface area contributed by atoms with Crippen LogP contribution in [-0.4, -0.2) is 19.8 Å². The first-order valence-electron chi connectivity index (χ1n) is 4.76. The Morgan fingerprint density at radius 2 is 2.21 bits per heavy atom. The Morgan fingerprint density at radius 3 is 2.71 bits per heavy atom. The zero-order valence-electron chi connectivity index (χ0n) is 8.00. The third kappa shape index (κ3) is 1.79. The van der Waals surface area contributed by atoms with E-state index in [1.165, 1.54) is 6.07 Å². The number of rotatable bonds is 3. The van der Waals surface area contributed by atoms with Crippen molar-refractivity contribution in [1.82, 2.24) is 0 Å². The minimum absolute atomic E-state index is 0.0494. The van der Waals surface area contributed by atoms with Crippen LogP contribution in [0.2, 0.25) is 0 Å². The van der Waals surface area contributed by atoms with E-state index >= 15 is 0 Å². The Labute approximate surface area is 82.9 Å². The first-order valence-corrected chi connectivity index (χ1v) is 4.76. The van der Waals surface area contributed by atoms with Crippen LogP contribution in [0, 0.1) is 11.2 Å². The summed E-state index contributed by atoms with van der Waals surface area (Å²) in [6.07, 6.45) is 0.807. The normalized spacial score (nSPS) is 19.0. The van der Waals surface area contributed by atoms with E-state index in [1.54, 1.807) is 12.1 Å². The van der Waals surface area contributed by atoms with E-state index < -0.39 is 0 Å². The van der Waals surface area contributed by atoms with Crippen LogP contribution in [0.15, 0.2) is 24.3 Å². The molecule has 0 aromatic heterocycles. The molecule has 2 rings (SSSR count). The van der Waals surface area contributed by atoms with Gasteiger partial charge < -0.3 is 10.5 Å². The number of benzene rings is 1. The van der Waals surface area contributed by atoms with Crippen molar-refractivity contribution in [2.45, 2.75) is 6.42 Å². The molecule has 1 fully saturated rings. The van der Waals surface area contributed by atoms with Crippen LogP contribution in [0.4, 0.5) is 4.39 Å². The molecule has 0 amide bonds. The van der Waals surface area contributed by atoms with Gasteiger partial charge in [-0.25, -0.2) is 4.39 Å². The van der Waals surface area contributed by atoms with Crippen molar-refractivity contribution >= 4 is 0 Å². The van der Waals surface area contributed by atoms with E-state index in [1.807, 2.05) is 6.07 Å².